The predicted octanol–water partition coefficient (Wildman–Crippen LogP) is 2.78. The van der Waals surface area contributed by atoms with Crippen molar-refractivity contribution in [1.29, 1.82) is 0 Å². The molecule has 0 saturated carbocycles. The Kier molecular flexibility index (Phi) is 5.50. The summed E-state index contributed by atoms with van der Waals surface area (Å²) in [4.78, 5) is 14.2. The second kappa shape index (κ2) is 6.66. The average molecular weight is 240 g/mol. The standard InChI is InChI=1S/C13H17NO.ClH/c15-13(12-6-2-1-3-7-12)8-11-14-9-4-5-10-14;/h1-3,6-7H,4-5,8-11H2;1H. The summed E-state index contributed by atoms with van der Waals surface area (Å²) in [5.41, 5.74) is 0.844. The van der Waals surface area contributed by atoms with Crippen molar-refractivity contribution >= 4 is 18.2 Å². The van der Waals surface area contributed by atoms with Crippen molar-refractivity contribution in [3.63, 3.8) is 0 Å². The first-order valence-corrected chi connectivity index (χ1v) is 5.67. The summed E-state index contributed by atoms with van der Waals surface area (Å²) in [5, 5.41) is 0. The molecule has 1 aromatic rings. The van der Waals surface area contributed by atoms with Gasteiger partial charge in [0.05, 0.1) is 0 Å². The molecule has 0 aliphatic carbocycles. The minimum absolute atomic E-state index is 0. The van der Waals surface area contributed by atoms with Crippen molar-refractivity contribution in [2.75, 3.05) is 19.6 Å². The van der Waals surface area contributed by atoms with Crippen molar-refractivity contribution in [2.24, 2.45) is 0 Å². The Balaban J connectivity index is 0.00000128. The smallest absolute Gasteiger partial charge is 0.164 e. The number of Topliss-reactive ketones (excluding diaryl/α,β-unsaturated/α-hetero) is 1. The summed E-state index contributed by atoms with van der Waals surface area (Å²) in [6, 6.07) is 9.57. The highest BCUT2D eigenvalue weighted by molar-refractivity contribution is 5.96. The highest BCUT2D eigenvalue weighted by Gasteiger charge is 2.13. The van der Waals surface area contributed by atoms with Crippen LogP contribution < -0.4 is 0 Å². The highest BCUT2D eigenvalue weighted by atomic mass is 35.5. The lowest BCUT2D eigenvalue weighted by molar-refractivity contribution is 0.0969. The first-order chi connectivity index (χ1) is 7.36. The summed E-state index contributed by atoms with van der Waals surface area (Å²) < 4.78 is 0. The summed E-state index contributed by atoms with van der Waals surface area (Å²) in [5.74, 6) is 0.266. The largest absolute Gasteiger partial charge is 0.303 e. The first kappa shape index (κ1) is 13.2. The number of halogens is 1. The number of carbonyl (C=O) groups is 1. The van der Waals surface area contributed by atoms with E-state index in [4.69, 9.17) is 0 Å². The summed E-state index contributed by atoms with van der Waals surface area (Å²) >= 11 is 0. The van der Waals surface area contributed by atoms with Gasteiger partial charge in [0.25, 0.3) is 0 Å². The van der Waals surface area contributed by atoms with Crippen molar-refractivity contribution in [2.45, 2.75) is 19.3 Å². The lowest BCUT2D eigenvalue weighted by atomic mass is 10.1. The lowest BCUT2D eigenvalue weighted by Gasteiger charge is -2.13. The second-order valence-electron chi connectivity index (χ2n) is 4.09. The van der Waals surface area contributed by atoms with Crippen LogP contribution in [0.25, 0.3) is 0 Å². The SMILES string of the molecule is Cl.O=C(CCN1CCCC1)c1ccccc1. The van der Waals surface area contributed by atoms with Gasteiger partial charge in [0, 0.05) is 18.5 Å². The van der Waals surface area contributed by atoms with Gasteiger partial charge in [-0.3, -0.25) is 4.79 Å². The van der Waals surface area contributed by atoms with Gasteiger partial charge in [0.2, 0.25) is 0 Å². The molecule has 16 heavy (non-hydrogen) atoms. The Morgan fingerprint density at radius 3 is 2.38 bits per heavy atom. The van der Waals surface area contributed by atoms with Crippen LogP contribution in [0.15, 0.2) is 30.3 Å². The number of benzene rings is 1. The highest BCUT2D eigenvalue weighted by Crippen LogP contribution is 2.09. The van der Waals surface area contributed by atoms with Gasteiger partial charge in [0.15, 0.2) is 5.78 Å². The molecule has 0 unspecified atom stereocenters. The van der Waals surface area contributed by atoms with E-state index in [1.54, 1.807) is 0 Å². The summed E-state index contributed by atoms with van der Waals surface area (Å²) in [7, 11) is 0. The molecule has 2 rings (SSSR count). The van der Waals surface area contributed by atoms with E-state index in [1.165, 1.54) is 25.9 Å². The number of rotatable bonds is 4. The lowest BCUT2D eigenvalue weighted by Crippen LogP contribution is -2.22. The first-order valence-electron chi connectivity index (χ1n) is 5.67. The topological polar surface area (TPSA) is 20.3 Å². The Morgan fingerprint density at radius 1 is 1.12 bits per heavy atom. The van der Waals surface area contributed by atoms with Crippen LogP contribution >= 0.6 is 12.4 Å². The molecule has 3 heteroatoms. The van der Waals surface area contributed by atoms with Gasteiger partial charge in [-0.05, 0) is 25.9 Å². The van der Waals surface area contributed by atoms with Gasteiger partial charge in [-0.25, -0.2) is 0 Å². The second-order valence-corrected chi connectivity index (χ2v) is 4.09. The number of hydrogen-bond donors (Lipinski definition) is 0. The molecule has 1 aliphatic heterocycles. The Labute approximate surface area is 103 Å². The quantitative estimate of drug-likeness (QED) is 0.754. The third kappa shape index (κ3) is 3.62. The third-order valence-electron chi connectivity index (χ3n) is 2.95. The molecule has 1 heterocycles. The van der Waals surface area contributed by atoms with E-state index >= 15 is 0 Å². The molecule has 0 spiro atoms. The maximum absolute atomic E-state index is 11.8. The Bertz CT molecular complexity index is 320. The Hall–Kier alpha value is -0.860. The molecule has 1 saturated heterocycles. The zero-order valence-electron chi connectivity index (χ0n) is 9.39. The zero-order valence-corrected chi connectivity index (χ0v) is 10.2. The van der Waals surface area contributed by atoms with E-state index in [0.717, 1.165) is 12.1 Å². The van der Waals surface area contributed by atoms with Crippen LogP contribution in [-0.2, 0) is 0 Å². The van der Waals surface area contributed by atoms with Crippen LogP contribution in [0.5, 0.6) is 0 Å². The molecule has 0 bridgehead atoms. The molecular formula is C13H18ClNO. The number of hydrogen-bond acceptors (Lipinski definition) is 2. The molecule has 0 radical (unpaired) electrons. The van der Waals surface area contributed by atoms with Crippen molar-refractivity contribution in [1.82, 2.24) is 4.90 Å². The molecule has 1 aromatic carbocycles. The molecule has 2 nitrogen and oxygen atoms in total. The van der Waals surface area contributed by atoms with Gasteiger partial charge >= 0.3 is 0 Å². The molecular weight excluding hydrogens is 222 g/mol. The fraction of sp³-hybridized carbons (Fsp3) is 0.462. The molecule has 1 fully saturated rings. The molecule has 88 valence electrons. The number of likely N-dealkylation sites (tertiary alicyclic amines) is 1. The van der Waals surface area contributed by atoms with E-state index in [2.05, 4.69) is 4.90 Å². The zero-order chi connectivity index (χ0) is 10.5. The maximum atomic E-state index is 11.8. The maximum Gasteiger partial charge on any atom is 0.164 e. The molecule has 0 amide bonds. The Morgan fingerprint density at radius 2 is 1.75 bits per heavy atom. The molecule has 0 aromatic heterocycles. The van der Waals surface area contributed by atoms with Gasteiger partial charge < -0.3 is 4.90 Å². The van der Waals surface area contributed by atoms with Crippen LogP contribution in [0.4, 0.5) is 0 Å². The van der Waals surface area contributed by atoms with Crippen molar-refractivity contribution < 1.29 is 4.79 Å². The fourth-order valence-electron chi connectivity index (χ4n) is 2.03. The van der Waals surface area contributed by atoms with Gasteiger partial charge in [-0.2, -0.15) is 0 Å². The third-order valence-corrected chi connectivity index (χ3v) is 2.95. The van der Waals surface area contributed by atoms with Crippen LogP contribution in [-0.4, -0.2) is 30.3 Å². The van der Waals surface area contributed by atoms with Gasteiger partial charge in [-0.1, -0.05) is 30.3 Å². The predicted molar refractivity (Wildman–Crippen MR) is 68.3 cm³/mol. The summed E-state index contributed by atoms with van der Waals surface area (Å²) in [6.07, 6.45) is 3.24. The van der Waals surface area contributed by atoms with Crippen LogP contribution in [0, 0.1) is 0 Å². The van der Waals surface area contributed by atoms with Gasteiger partial charge in [0.1, 0.15) is 0 Å². The number of carbonyl (C=O) groups excluding carboxylic acids is 1. The number of ketones is 1. The molecule has 1 aliphatic rings. The van der Waals surface area contributed by atoms with Crippen molar-refractivity contribution in [3.05, 3.63) is 35.9 Å². The van der Waals surface area contributed by atoms with Crippen molar-refractivity contribution in [3.8, 4) is 0 Å². The van der Waals surface area contributed by atoms with Crippen LogP contribution in [0.2, 0.25) is 0 Å². The van der Waals surface area contributed by atoms with Crippen LogP contribution in [0.3, 0.4) is 0 Å². The van der Waals surface area contributed by atoms with Gasteiger partial charge in [-0.15, -0.1) is 12.4 Å². The molecule has 0 atom stereocenters. The van der Waals surface area contributed by atoms with E-state index in [1.807, 2.05) is 30.3 Å². The fourth-order valence-corrected chi connectivity index (χ4v) is 2.03. The van der Waals surface area contributed by atoms with E-state index in [0.29, 0.717) is 6.42 Å². The minimum Gasteiger partial charge on any atom is -0.303 e. The average Bonchev–Trinajstić information content (AvgIpc) is 2.80. The van der Waals surface area contributed by atoms with E-state index < -0.39 is 0 Å². The molecule has 0 N–H and O–H groups in total. The number of nitrogens with zero attached hydrogens (tertiary/aromatic N) is 1. The van der Waals surface area contributed by atoms with Crippen LogP contribution in [0.1, 0.15) is 29.6 Å². The summed E-state index contributed by atoms with van der Waals surface area (Å²) in [6.45, 7) is 3.26. The minimum atomic E-state index is 0. The van der Waals surface area contributed by atoms with E-state index in [9.17, 15) is 4.79 Å². The van der Waals surface area contributed by atoms with E-state index in [-0.39, 0.29) is 18.2 Å². The normalized spacial score (nSPS) is 15.8. The monoisotopic (exact) mass is 239 g/mol.